The van der Waals surface area contributed by atoms with Crippen LogP contribution in [0.1, 0.15) is 25.7 Å². The summed E-state index contributed by atoms with van der Waals surface area (Å²) in [6, 6.07) is 0. The van der Waals surface area contributed by atoms with Crippen molar-refractivity contribution in [1.29, 1.82) is 0 Å². The Labute approximate surface area is 75.7 Å². The van der Waals surface area contributed by atoms with E-state index in [4.69, 9.17) is 30.6 Å². The van der Waals surface area contributed by atoms with E-state index in [1.807, 2.05) is 0 Å². The fourth-order valence-electron chi connectivity index (χ4n) is 0.962. The summed E-state index contributed by atoms with van der Waals surface area (Å²) in [5.41, 5.74) is 0. The van der Waals surface area contributed by atoms with Gasteiger partial charge in [0.2, 0.25) is 0 Å². The molecule has 0 saturated heterocycles. The molecule has 0 atom stereocenters. The maximum Gasteiger partial charge on any atom is 0.167 e. The second kappa shape index (κ2) is 5.48. The predicted molar refractivity (Wildman–Crippen MR) is 42.1 cm³/mol. The Kier molecular flexibility index (Phi) is 5.38. The van der Waals surface area contributed by atoms with Crippen molar-refractivity contribution in [1.82, 2.24) is 0 Å². The van der Waals surface area contributed by atoms with Crippen molar-refractivity contribution in [2.24, 2.45) is 0 Å². The van der Waals surface area contributed by atoms with Gasteiger partial charge in [-0.15, -0.1) is 0 Å². The number of hydrogen-bond acceptors (Lipinski definition) is 6. The van der Waals surface area contributed by atoms with Crippen molar-refractivity contribution in [2.75, 3.05) is 0 Å². The van der Waals surface area contributed by atoms with Crippen LogP contribution < -0.4 is 0 Å². The van der Waals surface area contributed by atoms with Crippen LogP contribution in [0.5, 0.6) is 0 Å². The number of aliphatic hydroxyl groups excluding tert-OH is 2. The van der Waals surface area contributed by atoms with Crippen LogP contribution in [0.15, 0.2) is 0 Å². The molecule has 0 bridgehead atoms. The molecule has 0 rings (SSSR count). The van der Waals surface area contributed by atoms with Gasteiger partial charge >= 0.3 is 0 Å². The molecule has 0 aromatic carbocycles. The summed E-state index contributed by atoms with van der Waals surface area (Å²) in [4.78, 5) is 0. The Morgan fingerprint density at radius 1 is 0.923 bits per heavy atom. The molecule has 0 aromatic rings. The van der Waals surface area contributed by atoms with E-state index in [0.29, 0.717) is 0 Å². The molecule has 0 amide bonds. The fourth-order valence-corrected chi connectivity index (χ4v) is 0.962. The monoisotopic (exact) mass is 196 g/mol. The molecular weight excluding hydrogens is 180 g/mol. The zero-order valence-corrected chi connectivity index (χ0v) is 7.17. The summed E-state index contributed by atoms with van der Waals surface area (Å²) in [6.07, 6.45) is -3.78. The van der Waals surface area contributed by atoms with E-state index in [2.05, 4.69) is 0 Å². The predicted octanol–water partition coefficient (Wildman–Crippen LogP) is -2.15. The average Bonchev–Trinajstić information content (AvgIpc) is 1.81. The van der Waals surface area contributed by atoms with E-state index >= 15 is 0 Å². The summed E-state index contributed by atoms with van der Waals surface area (Å²) >= 11 is 0. The second-order valence-corrected chi connectivity index (χ2v) is 3.04. The summed E-state index contributed by atoms with van der Waals surface area (Å²) in [5.74, 6) is -2.16. The van der Waals surface area contributed by atoms with Crippen LogP contribution in [-0.4, -0.2) is 49.0 Å². The van der Waals surface area contributed by atoms with Crippen molar-refractivity contribution < 1.29 is 30.6 Å². The number of hydrogen-bond donors (Lipinski definition) is 6. The summed E-state index contributed by atoms with van der Waals surface area (Å²) < 4.78 is 0. The molecule has 80 valence electrons. The molecule has 0 heterocycles. The first-order valence-corrected chi connectivity index (χ1v) is 4.00. The molecule has 0 aromatic heterocycles. The van der Waals surface area contributed by atoms with Gasteiger partial charge in [0.1, 0.15) is 0 Å². The lowest BCUT2D eigenvalue weighted by Crippen LogP contribution is -2.33. The molecule has 0 aliphatic heterocycles. The average molecular weight is 196 g/mol. The first-order chi connectivity index (χ1) is 5.83. The summed E-state index contributed by atoms with van der Waals surface area (Å²) in [7, 11) is 0. The van der Waals surface area contributed by atoms with Crippen LogP contribution in [0.3, 0.4) is 0 Å². The van der Waals surface area contributed by atoms with Crippen LogP contribution in [0.4, 0.5) is 0 Å². The molecule has 0 radical (unpaired) electrons. The minimum Gasteiger partial charge on any atom is -0.368 e. The molecule has 6 N–H and O–H groups in total. The van der Waals surface area contributed by atoms with E-state index in [0.717, 1.165) is 0 Å². The Bertz CT molecular complexity index is 133. The van der Waals surface area contributed by atoms with Gasteiger partial charge in [0, 0.05) is 6.42 Å². The normalized spacial score (nSPS) is 12.9. The van der Waals surface area contributed by atoms with Gasteiger partial charge in [0.15, 0.2) is 18.4 Å². The van der Waals surface area contributed by atoms with Crippen LogP contribution in [0.25, 0.3) is 0 Å². The van der Waals surface area contributed by atoms with E-state index in [1.165, 1.54) is 0 Å². The molecule has 0 spiro atoms. The van der Waals surface area contributed by atoms with E-state index < -0.39 is 24.8 Å². The van der Waals surface area contributed by atoms with Crippen molar-refractivity contribution in [3.05, 3.63) is 0 Å². The highest BCUT2D eigenvalue weighted by atomic mass is 16.5. The second-order valence-electron chi connectivity index (χ2n) is 3.04. The summed E-state index contributed by atoms with van der Waals surface area (Å²) in [6.45, 7) is 0. The van der Waals surface area contributed by atoms with Gasteiger partial charge in [0.25, 0.3) is 0 Å². The zero-order chi connectivity index (χ0) is 10.5. The van der Waals surface area contributed by atoms with E-state index in [1.54, 1.807) is 0 Å². The highest BCUT2D eigenvalue weighted by Crippen LogP contribution is 2.16. The van der Waals surface area contributed by atoms with Gasteiger partial charge in [0.05, 0.1) is 6.42 Å². The standard InChI is InChI=1S/C7H16O6/c8-5(9)2-1-3-7(12,13)4-6(10)11/h5-6,8-13H,1-4H2. The van der Waals surface area contributed by atoms with Crippen LogP contribution in [0, 0.1) is 0 Å². The maximum atomic E-state index is 9.07. The van der Waals surface area contributed by atoms with Crippen LogP contribution in [-0.2, 0) is 0 Å². The third-order valence-electron chi connectivity index (χ3n) is 1.55. The molecule has 0 unspecified atom stereocenters. The van der Waals surface area contributed by atoms with Gasteiger partial charge in [-0.1, -0.05) is 0 Å². The van der Waals surface area contributed by atoms with Gasteiger partial charge < -0.3 is 30.6 Å². The van der Waals surface area contributed by atoms with E-state index in [9.17, 15) is 0 Å². The Balaban J connectivity index is 3.62. The van der Waals surface area contributed by atoms with Crippen LogP contribution >= 0.6 is 0 Å². The van der Waals surface area contributed by atoms with E-state index in [-0.39, 0.29) is 19.3 Å². The number of aliphatic hydroxyl groups is 6. The third-order valence-corrected chi connectivity index (χ3v) is 1.55. The van der Waals surface area contributed by atoms with Crippen molar-refractivity contribution >= 4 is 0 Å². The topological polar surface area (TPSA) is 121 Å². The molecule has 6 heteroatoms. The zero-order valence-electron chi connectivity index (χ0n) is 7.17. The number of rotatable bonds is 6. The van der Waals surface area contributed by atoms with Crippen molar-refractivity contribution in [3.8, 4) is 0 Å². The van der Waals surface area contributed by atoms with Crippen LogP contribution in [0.2, 0.25) is 0 Å². The minimum atomic E-state index is -2.16. The third kappa shape index (κ3) is 8.10. The van der Waals surface area contributed by atoms with Gasteiger partial charge in [-0.3, -0.25) is 0 Å². The lowest BCUT2D eigenvalue weighted by Gasteiger charge is -2.22. The molecule has 6 nitrogen and oxygen atoms in total. The Morgan fingerprint density at radius 2 is 1.46 bits per heavy atom. The molecule has 13 heavy (non-hydrogen) atoms. The highest BCUT2D eigenvalue weighted by molar-refractivity contribution is 4.65. The van der Waals surface area contributed by atoms with Gasteiger partial charge in [-0.2, -0.15) is 0 Å². The molecule has 0 aliphatic rings. The largest absolute Gasteiger partial charge is 0.368 e. The maximum absolute atomic E-state index is 9.07. The SMILES string of the molecule is OC(O)CCCC(O)(O)CC(O)O. The molecular formula is C7H16O6. The van der Waals surface area contributed by atoms with Gasteiger partial charge in [-0.25, -0.2) is 0 Å². The van der Waals surface area contributed by atoms with Gasteiger partial charge in [-0.05, 0) is 12.8 Å². The first-order valence-electron chi connectivity index (χ1n) is 4.00. The molecule has 0 saturated carbocycles. The van der Waals surface area contributed by atoms with Crippen molar-refractivity contribution in [2.45, 2.75) is 44.1 Å². The highest BCUT2D eigenvalue weighted by Gasteiger charge is 2.25. The Hall–Kier alpha value is -0.240. The Morgan fingerprint density at radius 3 is 1.85 bits per heavy atom. The first kappa shape index (κ1) is 12.8. The minimum absolute atomic E-state index is 0.0182. The lowest BCUT2D eigenvalue weighted by molar-refractivity contribution is -0.212. The molecule has 0 aliphatic carbocycles. The lowest BCUT2D eigenvalue weighted by atomic mass is 10.1. The molecule has 0 fully saturated rings. The fraction of sp³-hybridized carbons (Fsp3) is 1.00. The van der Waals surface area contributed by atoms with Crippen molar-refractivity contribution in [3.63, 3.8) is 0 Å². The smallest absolute Gasteiger partial charge is 0.167 e. The quantitative estimate of drug-likeness (QED) is 0.269. The summed E-state index contributed by atoms with van der Waals surface area (Å²) in [5, 5.41) is 51.9.